The molecule has 2 aromatic heterocycles. The van der Waals surface area contributed by atoms with E-state index in [1.54, 1.807) is 30.5 Å². The Morgan fingerprint density at radius 1 is 0.957 bits per heavy atom. The van der Waals surface area contributed by atoms with Crippen molar-refractivity contribution in [3.8, 4) is 34.5 Å². The number of benzene rings is 4. The van der Waals surface area contributed by atoms with Crippen LogP contribution in [-0.2, 0) is 35.9 Å². The summed E-state index contributed by atoms with van der Waals surface area (Å²) in [6.07, 6.45) is 12.1. The summed E-state index contributed by atoms with van der Waals surface area (Å²) in [4.78, 5) is 24.3. The number of nitrogens with zero attached hydrogens (tertiary/aromatic N) is 1. The fraction of sp³-hybridized carbons (Fsp3) is 0.404. The molecule has 0 radical (unpaired) electrons. The number of ketones is 1. The second-order valence-corrected chi connectivity index (χ2v) is 20.2. The van der Waals surface area contributed by atoms with Gasteiger partial charge in [-0.2, -0.15) is 0 Å². The number of hydrogen-bond acceptors (Lipinski definition) is 11. The van der Waals surface area contributed by atoms with Crippen molar-refractivity contribution in [1.82, 2.24) is 9.97 Å². The Labute approximate surface area is 402 Å². The Bertz CT molecular complexity index is 2860. The molecule has 1 saturated carbocycles. The van der Waals surface area contributed by atoms with E-state index >= 15 is 4.79 Å². The van der Waals surface area contributed by atoms with Crippen LogP contribution in [0.25, 0.3) is 10.8 Å². The molecule has 4 aromatic carbocycles. The van der Waals surface area contributed by atoms with Crippen LogP contribution >= 0.6 is 0 Å². The van der Waals surface area contributed by atoms with Crippen molar-refractivity contribution in [2.45, 2.75) is 108 Å². The number of rotatable bonds is 10. The fourth-order valence-corrected chi connectivity index (χ4v) is 12.4. The number of Topliss-reactive ketones (excluding diaryl/α,β-unsaturated/α-hetero) is 1. The number of nitrogens with one attached hydrogen (secondary N) is 2. The van der Waals surface area contributed by atoms with Gasteiger partial charge in [-0.15, -0.1) is 0 Å². The van der Waals surface area contributed by atoms with E-state index in [9.17, 15) is 30.6 Å². The van der Waals surface area contributed by atoms with Crippen molar-refractivity contribution in [3.05, 3.63) is 137 Å². The number of aliphatic hydroxyl groups excluding tert-OH is 2. The first-order chi connectivity index (χ1) is 33.4. The molecule has 2 aliphatic heterocycles. The number of aromatic nitrogens is 2. The van der Waals surface area contributed by atoms with Crippen LogP contribution in [0.2, 0.25) is 0 Å². The van der Waals surface area contributed by atoms with Crippen molar-refractivity contribution in [2.75, 3.05) is 18.5 Å². The summed E-state index contributed by atoms with van der Waals surface area (Å²) in [5, 5.41) is 74.5. The average Bonchev–Trinajstić information content (AvgIpc) is 3.99. The molecule has 1 spiro atoms. The SMILES string of the molecule is CC1CC=CC(COc2cc(C3CCc4c(ccc5cc(O)ccc45)Nc4cc(ccn4)C4(CCC(O)C4Cc4ccc[nH]4)C(C(O)CCc4ccc(O)c5c4CCCO5)C(=O)C3)cc(O)c2O)C1. The van der Waals surface area contributed by atoms with Gasteiger partial charge in [0.05, 0.1) is 31.3 Å². The van der Waals surface area contributed by atoms with Crippen LogP contribution in [0, 0.1) is 23.7 Å². The van der Waals surface area contributed by atoms with E-state index in [1.165, 1.54) is 6.07 Å². The lowest BCUT2D eigenvalue weighted by molar-refractivity contribution is -0.132. The van der Waals surface area contributed by atoms with Gasteiger partial charge >= 0.3 is 0 Å². The summed E-state index contributed by atoms with van der Waals surface area (Å²) < 4.78 is 12.2. The number of hydrogen-bond donors (Lipinski definition) is 8. The molecule has 69 heavy (non-hydrogen) atoms. The normalized spacial score (nSPS) is 25.1. The molecule has 12 heteroatoms. The smallest absolute Gasteiger partial charge is 0.200 e. The number of phenols is 4. The maximum atomic E-state index is 16.1. The number of aromatic amines is 1. The number of carbonyl (C=O) groups is 1. The van der Waals surface area contributed by atoms with E-state index in [4.69, 9.17) is 14.5 Å². The van der Waals surface area contributed by atoms with Crippen molar-refractivity contribution in [3.63, 3.8) is 0 Å². The number of ether oxygens (including phenoxy) is 2. The highest BCUT2D eigenvalue weighted by molar-refractivity contribution is 5.92. The maximum absolute atomic E-state index is 16.1. The highest BCUT2D eigenvalue weighted by atomic mass is 16.5. The van der Waals surface area contributed by atoms with Gasteiger partial charge in [-0.3, -0.25) is 4.79 Å². The van der Waals surface area contributed by atoms with Crippen LogP contribution in [0.1, 0.15) is 97.7 Å². The first-order valence-electron chi connectivity index (χ1n) is 24.8. The molecular weight excluding hydrogens is 871 g/mol. The molecule has 10 rings (SSSR count). The minimum atomic E-state index is -1.18. The van der Waals surface area contributed by atoms with Gasteiger partial charge in [-0.05, 0) is 176 Å². The predicted molar refractivity (Wildman–Crippen MR) is 265 cm³/mol. The summed E-state index contributed by atoms with van der Waals surface area (Å²) in [6.45, 7) is 3.02. The minimum Gasteiger partial charge on any atom is -0.508 e. The van der Waals surface area contributed by atoms with Crippen LogP contribution in [0.3, 0.4) is 0 Å². The zero-order valence-electron chi connectivity index (χ0n) is 39.1. The molecule has 8 unspecified atom stereocenters. The summed E-state index contributed by atoms with van der Waals surface area (Å²) in [5.41, 5.74) is 4.83. The summed E-state index contributed by atoms with van der Waals surface area (Å²) in [6, 6.07) is 23.8. The first-order valence-corrected chi connectivity index (χ1v) is 24.8. The highest BCUT2D eigenvalue weighted by Crippen LogP contribution is 2.55. The van der Waals surface area contributed by atoms with Crippen molar-refractivity contribution >= 4 is 28.1 Å². The molecule has 0 saturated heterocycles. The van der Waals surface area contributed by atoms with Crippen molar-refractivity contribution in [2.24, 2.45) is 23.7 Å². The lowest BCUT2D eigenvalue weighted by Gasteiger charge is -2.45. The van der Waals surface area contributed by atoms with E-state index in [0.717, 1.165) is 70.1 Å². The number of pyridine rings is 1. The van der Waals surface area contributed by atoms with Crippen LogP contribution < -0.4 is 14.8 Å². The third kappa shape index (κ3) is 9.24. The van der Waals surface area contributed by atoms with Gasteiger partial charge < -0.3 is 50.4 Å². The second-order valence-electron chi connectivity index (χ2n) is 20.2. The Kier molecular flexibility index (Phi) is 13.1. The van der Waals surface area contributed by atoms with Crippen LogP contribution in [0.4, 0.5) is 11.5 Å². The van der Waals surface area contributed by atoms with E-state index in [-0.39, 0.29) is 53.3 Å². The van der Waals surface area contributed by atoms with E-state index < -0.39 is 35.4 Å². The molecule has 8 N–H and O–H groups in total. The molecular formula is C57H63N3O9. The number of phenolic OH excluding ortho intramolecular Hbond substituents is 4. The molecule has 12 nitrogen and oxygen atoms in total. The largest absolute Gasteiger partial charge is 0.508 e. The number of aromatic hydroxyl groups is 4. The number of allylic oxidation sites excluding steroid dienone is 1. The topological polar surface area (TPSA) is 198 Å². The lowest BCUT2D eigenvalue weighted by atomic mass is 9.58. The zero-order valence-corrected chi connectivity index (χ0v) is 39.1. The second kappa shape index (κ2) is 19.5. The quantitative estimate of drug-likeness (QED) is 0.0481. The summed E-state index contributed by atoms with van der Waals surface area (Å²) >= 11 is 0. The molecule has 2 bridgehead atoms. The van der Waals surface area contributed by atoms with Gasteiger partial charge in [-0.1, -0.05) is 37.3 Å². The molecule has 360 valence electrons. The minimum absolute atomic E-state index is 0.0317. The van der Waals surface area contributed by atoms with Crippen LogP contribution in [0.5, 0.6) is 34.5 Å². The average molecular weight is 934 g/mol. The van der Waals surface area contributed by atoms with Crippen LogP contribution in [0.15, 0.2) is 103 Å². The molecule has 2 aliphatic carbocycles. The Balaban J connectivity index is 1.12. The number of aryl methyl sites for hydroxylation is 2. The van der Waals surface area contributed by atoms with E-state index in [0.29, 0.717) is 74.8 Å². The number of aliphatic hydroxyl groups is 2. The number of fused-ring (bicyclic) bond motifs is 7. The molecule has 0 amide bonds. The number of H-pyrrole nitrogens is 1. The Morgan fingerprint density at radius 2 is 1.84 bits per heavy atom. The molecule has 4 aliphatic rings. The zero-order chi connectivity index (χ0) is 47.8. The van der Waals surface area contributed by atoms with Gasteiger partial charge in [0, 0.05) is 53.0 Å². The van der Waals surface area contributed by atoms with Crippen LogP contribution in [-0.4, -0.2) is 71.8 Å². The highest BCUT2D eigenvalue weighted by Gasteiger charge is 2.57. The van der Waals surface area contributed by atoms with Gasteiger partial charge in [0.25, 0.3) is 0 Å². The van der Waals surface area contributed by atoms with E-state index in [1.807, 2.05) is 54.7 Å². The van der Waals surface area contributed by atoms with Crippen molar-refractivity contribution < 1.29 is 44.9 Å². The van der Waals surface area contributed by atoms with Gasteiger partial charge in [0.15, 0.2) is 23.0 Å². The number of anilines is 2. The van der Waals surface area contributed by atoms with Gasteiger partial charge in [-0.25, -0.2) is 4.98 Å². The maximum Gasteiger partial charge on any atom is 0.200 e. The third-order valence-electron chi connectivity index (χ3n) is 15.8. The third-order valence-corrected chi connectivity index (χ3v) is 15.8. The molecule has 8 atom stereocenters. The first kappa shape index (κ1) is 46.2. The lowest BCUT2D eigenvalue weighted by Crippen LogP contribution is -2.51. The predicted octanol–water partition coefficient (Wildman–Crippen LogP) is 9.99. The van der Waals surface area contributed by atoms with E-state index in [2.05, 4.69) is 29.4 Å². The summed E-state index contributed by atoms with van der Waals surface area (Å²) in [7, 11) is 0. The Morgan fingerprint density at radius 3 is 2.68 bits per heavy atom. The fourth-order valence-electron chi connectivity index (χ4n) is 12.4. The standard InChI is InChI=1S/C57H63N3O9/c1-33-5-2-6-34(25-33)32-69-52-29-38(28-51(66)55(52)67)36-9-14-44-42-15-13-41(61)26-37(42)10-16-46(44)60-53-30-39(20-23-59-53)57(21-19-47(62)45(57)31-40-7-3-22-58-40)54(50(65)27-36)48(63)17-11-35-12-18-49(64)56-43(35)8-4-24-68-56/h2-3,6-7,10,12-13,15-16,18,20,22-23,26,28-30,33-34,36,45,47-48,54,58,61-64,66-67H,4-5,8-9,11,14,17,19,21,24-25,27,31-32H2,1H3,(H,59,60). The monoisotopic (exact) mass is 933 g/mol. The van der Waals surface area contributed by atoms with Gasteiger partial charge in [0.2, 0.25) is 5.75 Å². The number of carbonyl (C=O) groups excluding carboxylic acids is 1. The van der Waals surface area contributed by atoms with Crippen molar-refractivity contribution in [1.29, 1.82) is 0 Å². The Hall–Kier alpha value is -6.50. The molecule has 1 fully saturated rings. The molecule has 6 aromatic rings. The summed E-state index contributed by atoms with van der Waals surface area (Å²) in [5.74, 6) is -0.927. The molecule has 4 heterocycles. The van der Waals surface area contributed by atoms with Gasteiger partial charge in [0.1, 0.15) is 17.4 Å².